The van der Waals surface area contributed by atoms with Gasteiger partial charge in [-0.2, -0.15) is 0 Å². The average molecular weight is 308 g/mol. The van der Waals surface area contributed by atoms with Crippen LogP contribution < -0.4 is 4.72 Å². The van der Waals surface area contributed by atoms with E-state index in [-0.39, 0.29) is 22.4 Å². The van der Waals surface area contributed by atoms with Gasteiger partial charge < -0.3 is 9.84 Å². The highest BCUT2D eigenvalue weighted by molar-refractivity contribution is 7.91. The highest BCUT2D eigenvalue weighted by atomic mass is 32.2. The number of aliphatic hydroxyl groups is 1. The van der Waals surface area contributed by atoms with Crippen LogP contribution in [0.5, 0.6) is 0 Å². The molecule has 0 aliphatic rings. The zero-order chi connectivity index (χ0) is 14.6. The fourth-order valence-corrected chi connectivity index (χ4v) is 3.73. The van der Waals surface area contributed by atoms with Crippen LogP contribution in [0.1, 0.15) is 24.3 Å². The van der Waals surface area contributed by atoms with E-state index in [2.05, 4.69) is 14.4 Å². The van der Waals surface area contributed by atoms with E-state index in [4.69, 9.17) is 5.11 Å². The van der Waals surface area contributed by atoms with Gasteiger partial charge in [0, 0.05) is 12.6 Å². The molecule has 0 fully saturated rings. The lowest BCUT2D eigenvalue weighted by atomic mass is 10.1. The Morgan fingerprint density at radius 2 is 2.21 bits per heavy atom. The van der Waals surface area contributed by atoms with Crippen molar-refractivity contribution in [2.24, 2.45) is 5.92 Å². The van der Waals surface area contributed by atoms with Crippen molar-refractivity contribution >= 4 is 27.3 Å². The maximum atomic E-state index is 12.1. The fourth-order valence-electron chi connectivity index (χ4n) is 1.23. The van der Waals surface area contributed by atoms with E-state index in [1.807, 2.05) is 0 Å². The largest absolute Gasteiger partial charge is 0.464 e. The number of ether oxygens (including phenoxy) is 1. The molecule has 0 aliphatic carbocycles. The second-order valence-corrected chi connectivity index (χ2v) is 6.81. The third-order valence-corrected chi connectivity index (χ3v) is 5.57. The number of nitrogens with zero attached hydrogens (tertiary/aromatic N) is 1. The number of carbonyl (C=O) groups is 1. The Hall–Kier alpha value is -1.03. The summed E-state index contributed by atoms with van der Waals surface area (Å²) in [5.41, 5.74) is 1.03. The number of hydrogen-bond donors (Lipinski definition) is 2. The zero-order valence-electron chi connectivity index (χ0n) is 10.8. The Morgan fingerprint density at radius 1 is 1.58 bits per heavy atom. The summed E-state index contributed by atoms with van der Waals surface area (Å²) in [7, 11) is -2.71. The van der Waals surface area contributed by atoms with Crippen molar-refractivity contribution in [2.75, 3.05) is 13.7 Å². The summed E-state index contributed by atoms with van der Waals surface area (Å²) in [6, 6.07) is -0.470. The van der Waals surface area contributed by atoms with Crippen LogP contribution in [-0.4, -0.2) is 44.2 Å². The standard InChI is InChI=1S/C10H16N2O5S2/c1-6(4-13)7(2)12-19(15,16)10-8(9(14)17-3)11-5-18-10/h5-7,12-13H,4H2,1-3H3. The van der Waals surface area contributed by atoms with E-state index in [1.165, 1.54) is 5.51 Å². The first-order valence-corrected chi connectivity index (χ1v) is 7.84. The molecule has 0 bridgehead atoms. The van der Waals surface area contributed by atoms with Gasteiger partial charge in [0.25, 0.3) is 10.0 Å². The predicted molar refractivity (Wildman–Crippen MR) is 69.5 cm³/mol. The summed E-state index contributed by atoms with van der Waals surface area (Å²) in [5, 5.41) is 8.99. The molecular formula is C10H16N2O5S2. The molecule has 2 atom stereocenters. The molecule has 0 aromatic carbocycles. The van der Waals surface area contributed by atoms with E-state index in [0.717, 1.165) is 18.4 Å². The molecule has 1 rings (SSSR count). The third-order valence-electron chi connectivity index (χ3n) is 2.64. The Balaban J connectivity index is 3.02. The number of methoxy groups -OCH3 is 1. The van der Waals surface area contributed by atoms with Crippen LogP contribution in [0.15, 0.2) is 9.72 Å². The zero-order valence-corrected chi connectivity index (χ0v) is 12.4. The topological polar surface area (TPSA) is 106 Å². The number of hydrogen-bond acceptors (Lipinski definition) is 7. The Morgan fingerprint density at radius 3 is 2.74 bits per heavy atom. The first-order chi connectivity index (χ1) is 8.83. The molecule has 0 saturated heterocycles. The van der Waals surface area contributed by atoms with Crippen molar-refractivity contribution in [3.05, 3.63) is 11.2 Å². The second kappa shape index (κ2) is 6.42. The summed E-state index contributed by atoms with van der Waals surface area (Å²) >= 11 is 0.837. The van der Waals surface area contributed by atoms with Crippen LogP contribution in [0.3, 0.4) is 0 Å². The molecule has 0 amide bonds. The smallest absolute Gasteiger partial charge is 0.358 e. The van der Waals surface area contributed by atoms with Crippen molar-refractivity contribution in [3.63, 3.8) is 0 Å². The SMILES string of the molecule is COC(=O)c1ncsc1S(=O)(=O)NC(C)C(C)CO. The van der Waals surface area contributed by atoms with Crippen LogP contribution in [0, 0.1) is 5.92 Å². The van der Waals surface area contributed by atoms with Gasteiger partial charge in [0.1, 0.15) is 0 Å². The highest BCUT2D eigenvalue weighted by Gasteiger charge is 2.28. The molecule has 1 aromatic heterocycles. The van der Waals surface area contributed by atoms with E-state index in [0.29, 0.717) is 0 Å². The number of esters is 1. The number of aromatic nitrogens is 1. The summed E-state index contributed by atoms with van der Waals surface area (Å²) < 4.78 is 31.0. The minimum atomic E-state index is -3.86. The molecule has 1 heterocycles. The van der Waals surface area contributed by atoms with Gasteiger partial charge >= 0.3 is 5.97 Å². The molecule has 19 heavy (non-hydrogen) atoms. The molecule has 2 N–H and O–H groups in total. The molecule has 0 aliphatic heterocycles. The van der Waals surface area contributed by atoms with Crippen molar-refractivity contribution in [3.8, 4) is 0 Å². The number of rotatable bonds is 6. The van der Waals surface area contributed by atoms with E-state index in [9.17, 15) is 13.2 Å². The maximum Gasteiger partial charge on any atom is 0.358 e. The Labute approximate surface area is 115 Å². The van der Waals surface area contributed by atoms with E-state index >= 15 is 0 Å². The minimum Gasteiger partial charge on any atom is -0.464 e. The van der Waals surface area contributed by atoms with Crippen LogP contribution in [0.4, 0.5) is 0 Å². The molecule has 7 nitrogen and oxygen atoms in total. The lowest BCUT2D eigenvalue weighted by Gasteiger charge is -2.18. The van der Waals surface area contributed by atoms with Crippen LogP contribution in [0.2, 0.25) is 0 Å². The van der Waals surface area contributed by atoms with Crippen LogP contribution in [0.25, 0.3) is 0 Å². The van der Waals surface area contributed by atoms with Gasteiger partial charge in [0.05, 0.1) is 12.6 Å². The quantitative estimate of drug-likeness (QED) is 0.729. The third kappa shape index (κ3) is 3.72. The normalized spacial score (nSPS) is 14.9. The van der Waals surface area contributed by atoms with Gasteiger partial charge in [-0.05, 0) is 12.8 Å². The summed E-state index contributed by atoms with van der Waals surface area (Å²) in [6.45, 7) is 3.20. The number of aliphatic hydroxyl groups excluding tert-OH is 1. The Bertz CT molecular complexity index is 540. The molecular weight excluding hydrogens is 292 g/mol. The van der Waals surface area contributed by atoms with Crippen LogP contribution >= 0.6 is 11.3 Å². The first kappa shape index (κ1) is 16.0. The number of carbonyl (C=O) groups excluding carboxylic acids is 1. The maximum absolute atomic E-state index is 12.1. The van der Waals surface area contributed by atoms with Gasteiger partial charge in [0.2, 0.25) is 0 Å². The van der Waals surface area contributed by atoms with E-state index in [1.54, 1.807) is 13.8 Å². The number of nitrogens with one attached hydrogen (secondary N) is 1. The average Bonchev–Trinajstić information content (AvgIpc) is 2.86. The van der Waals surface area contributed by atoms with Gasteiger partial charge in [-0.1, -0.05) is 6.92 Å². The predicted octanol–water partition coefficient (Wildman–Crippen LogP) is 0.225. The lowest BCUT2D eigenvalue weighted by molar-refractivity contribution is 0.0590. The molecule has 108 valence electrons. The first-order valence-electron chi connectivity index (χ1n) is 5.48. The van der Waals surface area contributed by atoms with Crippen molar-refractivity contribution in [1.29, 1.82) is 0 Å². The molecule has 0 saturated carbocycles. The summed E-state index contributed by atoms with van der Waals surface area (Å²) in [6.07, 6.45) is 0. The second-order valence-electron chi connectivity index (χ2n) is 4.05. The molecule has 0 radical (unpaired) electrons. The van der Waals surface area contributed by atoms with Crippen molar-refractivity contribution in [2.45, 2.75) is 24.1 Å². The summed E-state index contributed by atoms with van der Waals surface area (Å²) in [5.74, 6) is -1.05. The van der Waals surface area contributed by atoms with Gasteiger partial charge in [-0.3, -0.25) is 0 Å². The van der Waals surface area contributed by atoms with Crippen molar-refractivity contribution in [1.82, 2.24) is 9.71 Å². The van der Waals surface area contributed by atoms with E-state index < -0.39 is 22.0 Å². The summed E-state index contributed by atoms with van der Waals surface area (Å²) in [4.78, 5) is 15.1. The van der Waals surface area contributed by atoms with Crippen molar-refractivity contribution < 1.29 is 23.1 Å². The molecule has 2 unspecified atom stereocenters. The number of sulfonamides is 1. The Kier molecular flexibility index (Phi) is 5.41. The molecule has 0 spiro atoms. The monoisotopic (exact) mass is 308 g/mol. The number of thiazole rings is 1. The minimum absolute atomic E-state index is 0.143. The van der Waals surface area contributed by atoms with Crippen LogP contribution in [-0.2, 0) is 14.8 Å². The fraction of sp³-hybridized carbons (Fsp3) is 0.600. The van der Waals surface area contributed by atoms with Gasteiger partial charge in [-0.25, -0.2) is 22.9 Å². The van der Waals surface area contributed by atoms with Gasteiger partial charge in [-0.15, -0.1) is 11.3 Å². The molecule has 1 aromatic rings. The lowest BCUT2D eigenvalue weighted by Crippen LogP contribution is -2.38. The molecule has 9 heteroatoms. The van der Waals surface area contributed by atoms with Gasteiger partial charge in [0.15, 0.2) is 9.90 Å². The highest BCUT2D eigenvalue weighted by Crippen LogP contribution is 2.21.